The van der Waals surface area contributed by atoms with Gasteiger partial charge in [-0.3, -0.25) is 10.1 Å². The Morgan fingerprint density at radius 3 is 1.88 bits per heavy atom. The Morgan fingerprint density at radius 1 is 0.738 bits per heavy atom. The van der Waals surface area contributed by atoms with Crippen LogP contribution in [-0.4, -0.2) is 62.7 Å². The summed E-state index contributed by atoms with van der Waals surface area (Å²) in [5, 5.41) is 3.85. The van der Waals surface area contributed by atoms with Gasteiger partial charge in [-0.1, -0.05) is 91.0 Å². The minimum atomic E-state index is -0.767. The predicted octanol–water partition coefficient (Wildman–Crippen LogP) is 5.28. The number of ether oxygens (including phenoxy) is 1. The molecule has 0 saturated carbocycles. The number of piperidine rings is 1. The minimum Gasteiger partial charge on any atom is -0.489 e. The molecule has 8 rings (SSSR count). The molecule has 0 spiro atoms. The van der Waals surface area contributed by atoms with Gasteiger partial charge >= 0.3 is 0 Å². The molecule has 0 unspecified atom stereocenters. The van der Waals surface area contributed by atoms with Crippen molar-refractivity contribution < 1.29 is 9.53 Å². The lowest BCUT2D eigenvalue weighted by molar-refractivity contribution is -0.121. The molecule has 0 aliphatic carbocycles. The lowest BCUT2D eigenvalue weighted by atomic mass is 9.76. The number of benzene rings is 4. The van der Waals surface area contributed by atoms with E-state index in [4.69, 9.17) is 4.74 Å². The fourth-order valence-corrected chi connectivity index (χ4v) is 7.07. The maximum absolute atomic E-state index is 14.3. The first-order valence-electron chi connectivity index (χ1n) is 15.1. The summed E-state index contributed by atoms with van der Waals surface area (Å²) in [6, 6.07) is 37.5. The summed E-state index contributed by atoms with van der Waals surface area (Å²) < 4.78 is 6.43. The van der Waals surface area contributed by atoms with Gasteiger partial charge in [0.1, 0.15) is 18.4 Å². The molecular weight excluding hydrogens is 520 g/mol. The van der Waals surface area contributed by atoms with E-state index in [9.17, 15) is 4.79 Å². The van der Waals surface area contributed by atoms with Crippen LogP contribution in [0, 0.1) is 0 Å². The Morgan fingerprint density at radius 2 is 1.31 bits per heavy atom. The average Bonchev–Trinajstić information content (AvgIpc) is 3.44. The molecule has 6 heteroatoms. The van der Waals surface area contributed by atoms with E-state index in [2.05, 4.69) is 100 Å². The van der Waals surface area contributed by atoms with Crippen molar-refractivity contribution in [2.24, 2.45) is 0 Å². The number of carbonyl (C=O) groups is 1. The van der Waals surface area contributed by atoms with Crippen molar-refractivity contribution in [2.75, 3.05) is 49.6 Å². The molecule has 42 heavy (non-hydrogen) atoms. The maximum Gasteiger partial charge on any atom is 0.247 e. The normalized spacial score (nSPS) is 22.2. The number of fused-ring (bicyclic) bond motifs is 5. The fraction of sp³-hybridized carbons (Fsp3) is 0.306. The van der Waals surface area contributed by atoms with Gasteiger partial charge in [0.25, 0.3) is 0 Å². The Labute approximate surface area is 248 Å². The van der Waals surface area contributed by atoms with Crippen LogP contribution in [0.1, 0.15) is 29.5 Å². The van der Waals surface area contributed by atoms with E-state index in [1.807, 2.05) is 31.3 Å². The van der Waals surface area contributed by atoms with E-state index in [1.165, 1.54) is 31.6 Å². The van der Waals surface area contributed by atoms with Gasteiger partial charge in [-0.2, -0.15) is 0 Å². The molecule has 0 aromatic heterocycles. The second kappa shape index (κ2) is 11.3. The molecule has 3 fully saturated rings. The molecule has 3 saturated heterocycles. The minimum absolute atomic E-state index is 0.0130. The van der Waals surface area contributed by atoms with Gasteiger partial charge in [-0.25, -0.2) is 0 Å². The summed E-state index contributed by atoms with van der Waals surface area (Å²) in [4.78, 5) is 21.2. The van der Waals surface area contributed by atoms with Crippen molar-refractivity contribution in [3.8, 4) is 5.75 Å². The van der Waals surface area contributed by atoms with Crippen molar-refractivity contribution in [1.82, 2.24) is 10.2 Å². The van der Waals surface area contributed by atoms with Crippen LogP contribution < -0.4 is 19.9 Å². The molecule has 4 aliphatic heterocycles. The third kappa shape index (κ3) is 4.75. The van der Waals surface area contributed by atoms with Gasteiger partial charge in [0.2, 0.25) is 5.91 Å². The molecule has 4 aliphatic rings. The molecule has 1 N–H and O–H groups in total. The molecular formula is C36H38N4O2. The molecule has 1 amide bonds. The number of likely N-dealkylation sites (N-methyl/N-ethyl adjacent to an activating group) is 1. The van der Waals surface area contributed by atoms with E-state index >= 15 is 0 Å². The van der Waals surface area contributed by atoms with E-state index in [-0.39, 0.29) is 12.5 Å². The van der Waals surface area contributed by atoms with Crippen LogP contribution in [0.4, 0.5) is 11.4 Å². The summed E-state index contributed by atoms with van der Waals surface area (Å²) >= 11 is 0. The van der Waals surface area contributed by atoms with Crippen molar-refractivity contribution in [3.63, 3.8) is 0 Å². The van der Waals surface area contributed by atoms with Crippen LogP contribution in [0.3, 0.4) is 0 Å². The lowest BCUT2D eigenvalue weighted by Crippen LogP contribution is -2.56. The third-order valence-electron chi connectivity index (χ3n) is 9.34. The number of hydrogen-bond donors (Lipinski definition) is 1. The first kappa shape index (κ1) is 26.7. The second-order valence-electron chi connectivity index (χ2n) is 11.7. The van der Waals surface area contributed by atoms with Crippen molar-refractivity contribution in [1.29, 1.82) is 0 Å². The zero-order chi connectivity index (χ0) is 28.5. The average molecular weight is 559 g/mol. The molecule has 4 heterocycles. The summed E-state index contributed by atoms with van der Waals surface area (Å²) in [5.41, 5.74) is 4.42. The quantitative estimate of drug-likeness (QED) is 0.327. The van der Waals surface area contributed by atoms with Crippen LogP contribution in [0.15, 0.2) is 109 Å². The van der Waals surface area contributed by atoms with Crippen LogP contribution in [0.25, 0.3) is 0 Å². The molecule has 6 nitrogen and oxygen atoms in total. The number of nitrogens with zero attached hydrogens (tertiary/aromatic N) is 3. The third-order valence-corrected chi connectivity index (χ3v) is 9.34. The van der Waals surface area contributed by atoms with Crippen LogP contribution in [0.5, 0.6) is 5.75 Å². The smallest absolute Gasteiger partial charge is 0.247 e. The van der Waals surface area contributed by atoms with E-state index in [0.717, 1.165) is 41.2 Å². The number of nitrogens with one attached hydrogen (secondary N) is 1. The predicted molar refractivity (Wildman–Crippen MR) is 168 cm³/mol. The lowest BCUT2D eigenvalue weighted by Gasteiger charge is -2.39. The number of anilines is 2. The zero-order valence-electron chi connectivity index (χ0n) is 24.2. The Hall–Kier alpha value is -4.13. The standard InChI is InChI=1S/C36H38N4O2/c1-38-33-25-31(40-24-23-39-21-19-30(40)20-22-39)17-18-34(33)42-26-32(35(38)41)37-36(27-11-5-2-6-12-27,28-13-7-3-8-14-28)29-15-9-4-10-16-29/h2-18,25,30,32,37H,19-24,26H2,1H3/t32-/m0/s1. The highest BCUT2D eigenvalue weighted by Crippen LogP contribution is 2.40. The van der Waals surface area contributed by atoms with Gasteiger partial charge in [0, 0.05) is 45.0 Å². The summed E-state index contributed by atoms with van der Waals surface area (Å²) in [6.07, 6.45) is 2.38. The summed E-state index contributed by atoms with van der Waals surface area (Å²) in [7, 11) is 1.88. The first-order chi connectivity index (χ1) is 20.6. The van der Waals surface area contributed by atoms with Crippen molar-refractivity contribution in [2.45, 2.75) is 30.5 Å². The topological polar surface area (TPSA) is 48.1 Å². The molecule has 0 radical (unpaired) electrons. The highest BCUT2D eigenvalue weighted by molar-refractivity contribution is 5.99. The Kier molecular flexibility index (Phi) is 7.18. The largest absolute Gasteiger partial charge is 0.489 e. The van der Waals surface area contributed by atoms with Crippen LogP contribution in [0.2, 0.25) is 0 Å². The zero-order valence-corrected chi connectivity index (χ0v) is 24.2. The Balaban J connectivity index is 1.26. The van der Waals surface area contributed by atoms with Gasteiger partial charge in [0.15, 0.2) is 0 Å². The van der Waals surface area contributed by atoms with E-state index in [1.54, 1.807) is 4.90 Å². The molecule has 4 aromatic carbocycles. The molecule has 4 aromatic rings. The number of hydrogen-bond acceptors (Lipinski definition) is 5. The Bertz CT molecular complexity index is 1420. The first-order valence-corrected chi connectivity index (χ1v) is 15.1. The van der Waals surface area contributed by atoms with Gasteiger partial charge in [-0.05, 0) is 47.7 Å². The van der Waals surface area contributed by atoms with E-state index < -0.39 is 11.6 Å². The van der Waals surface area contributed by atoms with Crippen molar-refractivity contribution >= 4 is 17.3 Å². The molecule has 214 valence electrons. The number of carbonyl (C=O) groups excluding carboxylic acids is 1. The fourth-order valence-electron chi connectivity index (χ4n) is 7.07. The van der Waals surface area contributed by atoms with Crippen LogP contribution in [-0.2, 0) is 10.3 Å². The summed E-state index contributed by atoms with van der Waals surface area (Å²) in [6.45, 7) is 4.68. The highest BCUT2D eigenvalue weighted by atomic mass is 16.5. The van der Waals surface area contributed by atoms with Gasteiger partial charge in [0.05, 0.1) is 11.2 Å². The highest BCUT2D eigenvalue weighted by Gasteiger charge is 2.42. The van der Waals surface area contributed by atoms with Gasteiger partial charge < -0.3 is 19.4 Å². The maximum atomic E-state index is 14.3. The molecule has 1 atom stereocenters. The van der Waals surface area contributed by atoms with Gasteiger partial charge in [-0.15, -0.1) is 0 Å². The second-order valence-corrected chi connectivity index (χ2v) is 11.7. The van der Waals surface area contributed by atoms with Crippen LogP contribution >= 0.6 is 0 Å². The number of rotatable bonds is 6. The summed E-state index contributed by atoms with van der Waals surface area (Å²) in [5.74, 6) is 0.729. The monoisotopic (exact) mass is 558 g/mol. The SMILES string of the molecule is CN1C(=O)[C@@H](NC(c2ccccc2)(c2ccccc2)c2ccccc2)COc2ccc(N3CCN4CCC3CC4)cc21. The van der Waals surface area contributed by atoms with E-state index in [0.29, 0.717) is 6.04 Å². The van der Waals surface area contributed by atoms with Crippen molar-refractivity contribution in [3.05, 3.63) is 126 Å². The number of amides is 1. The molecule has 2 bridgehead atoms.